The lowest BCUT2D eigenvalue weighted by Gasteiger charge is -2.23. The number of rotatable bonds is 30. The van der Waals surface area contributed by atoms with Crippen molar-refractivity contribution in [3.8, 4) is 23.0 Å². The molecule has 5 rings (SSSR count). The van der Waals surface area contributed by atoms with Crippen molar-refractivity contribution in [2.75, 3.05) is 26.4 Å². The maximum absolute atomic E-state index is 14.2. The van der Waals surface area contributed by atoms with Crippen LogP contribution in [-0.4, -0.2) is 71.7 Å². The Hall–Kier alpha value is -6.82. The second-order valence-electron chi connectivity index (χ2n) is 20.3. The van der Waals surface area contributed by atoms with Crippen molar-refractivity contribution in [3.05, 3.63) is 140 Å². The lowest BCUT2D eigenvalue weighted by Crippen LogP contribution is -2.15. The Morgan fingerprint density at radius 3 is 0.855 bits per heavy atom. The van der Waals surface area contributed by atoms with Crippen LogP contribution in [0.3, 0.4) is 0 Å². The van der Waals surface area contributed by atoms with E-state index in [4.69, 9.17) is 18.9 Å². The molecule has 0 fully saturated rings. The van der Waals surface area contributed by atoms with Crippen LogP contribution in [0.2, 0.25) is 0 Å². The highest BCUT2D eigenvalue weighted by Crippen LogP contribution is 2.41. The van der Waals surface area contributed by atoms with E-state index in [-0.39, 0.29) is 124 Å². The number of hydrogen-bond donors (Lipinski definition) is 2. The van der Waals surface area contributed by atoms with Gasteiger partial charge in [-0.1, -0.05) is 92.2 Å². The summed E-state index contributed by atoms with van der Waals surface area (Å²) in [5, 5.41) is 25.2. The zero-order valence-electron chi connectivity index (χ0n) is 46.0. The zero-order valence-corrected chi connectivity index (χ0v) is 46.0. The number of ketones is 4. The SMILES string of the molecule is C=C(C)C(=O)OCCOc1c2cc(C(=O)CCCCC)cc1Cc1cc(C(=O)CCCCC)cc(c1O)Cc1cc(C(=O)CCCCC)cc(c1OCCOC(=O)C(=C)C)Cc1cc(C(=O)CCCCC)cc(c1O)C2. The minimum atomic E-state index is -0.591. The Balaban J connectivity index is 1.88. The van der Waals surface area contributed by atoms with Gasteiger partial charge in [-0.3, -0.25) is 19.2 Å². The van der Waals surface area contributed by atoms with Crippen molar-refractivity contribution >= 4 is 35.1 Å². The first-order valence-electron chi connectivity index (χ1n) is 27.5. The van der Waals surface area contributed by atoms with E-state index in [1.54, 1.807) is 62.4 Å². The monoisotopic (exact) mass is 1040 g/mol. The lowest BCUT2D eigenvalue weighted by atomic mass is 9.86. The first-order valence-corrected chi connectivity index (χ1v) is 27.5. The number of phenols is 2. The van der Waals surface area contributed by atoms with Crippen LogP contribution in [0.5, 0.6) is 23.0 Å². The third-order valence-electron chi connectivity index (χ3n) is 13.7. The number of Topliss-reactive ketones (excluding diaryl/α,β-unsaturated/α-hetero) is 4. The molecule has 76 heavy (non-hydrogen) atoms. The molecular weight excluding hydrogens is 961 g/mol. The molecular formula is C64H80O12. The molecule has 0 radical (unpaired) electrons. The predicted molar refractivity (Wildman–Crippen MR) is 297 cm³/mol. The van der Waals surface area contributed by atoms with Gasteiger partial charge < -0.3 is 29.2 Å². The summed E-state index contributed by atoms with van der Waals surface area (Å²) in [6.45, 7) is 18.2. The van der Waals surface area contributed by atoms with Crippen LogP contribution < -0.4 is 9.47 Å². The number of ether oxygens (including phenoxy) is 4. The van der Waals surface area contributed by atoms with Gasteiger partial charge in [0.1, 0.15) is 49.4 Å². The van der Waals surface area contributed by atoms with Gasteiger partial charge in [-0.2, -0.15) is 0 Å². The van der Waals surface area contributed by atoms with E-state index in [1.165, 1.54) is 0 Å². The van der Waals surface area contributed by atoms with Crippen molar-refractivity contribution < 1.29 is 57.9 Å². The summed E-state index contributed by atoms with van der Waals surface area (Å²) in [6, 6.07) is 13.7. The molecule has 0 unspecified atom stereocenters. The van der Waals surface area contributed by atoms with Crippen molar-refractivity contribution in [3.63, 3.8) is 0 Å². The highest BCUT2D eigenvalue weighted by atomic mass is 16.6. The standard InChI is InChI=1S/C64H80O12/c1-9-13-17-21-55(65)43-29-47-37-51-33-45(57(67)23-19-15-11-3)35-53(61(51)73-25-27-75-63(71)41(5)6)39-49-31-44(56(66)22-18-14-10-2)32-50(60(49)70)40-54-36-46(58(68)24-20-16-12-4)34-52(38-48(30-43)59(47)69)62(54)74-26-28-76-64(72)42(7)8/h29-36,69-70H,5,7,9-28,37-40H2,1-4,6,8H3. The molecule has 4 aromatic rings. The van der Waals surface area contributed by atoms with Crippen molar-refractivity contribution in [2.24, 2.45) is 0 Å². The van der Waals surface area contributed by atoms with Crippen LogP contribution in [-0.2, 0) is 44.7 Å². The molecule has 0 amide bonds. The molecule has 0 saturated heterocycles. The van der Waals surface area contributed by atoms with Crippen molar-refractivity contribution in [1.82, 2.24) is 0 Å². The fourth-order valence-corrected chi connectivity index (χ4v) is 9.45. The van der Waals surface area contributed by atoms with Crippen LogP contribution in [0.25, 0.3) is 0 Å². The lowest BCUT2D eigenvalue weighted by molar-refractivity contribution is -0.140. The number of esters is 2. The maximum atomic E-state index is 14.2. The number of unbranched alkanes of at least 4 members (excludes halogenated alkanes) is 8. The van der Waals surface area contributed by atoms with Crippen LogP contribution in [0.1, 0.15) is 230 Å². The molecule has 1 aliphatic carbocycles. The van der Waals surface area contributed by atoms with Crippen molar-refractivity contribution in [1.29, 1.82) is 0 Å². The van der Waals surface area contributed by atoms with Gasteiger partial charge in [0.05, 0.1) is 0 Å². The van der Waals surface area contributed by atoms with Gasteiger partial charge in [-0.25, -0.2) is 9.59 Å². The van der Waals surface area contributed by atoms with E-state index in [1.807, 2.05) is 0 Å². The number of benzene rings is 4. The summed E-state index contributed by atoms with van der Waals surface area (Å²) < 4.78 is 24.0. The van der Waals surface area contributed by atoms with E-state index >= 15 is 0 Å². The summed E-state index contributed by atoms with van der Waals surface area (Å²) in [4.78, 5) is 81.9. The predicted octanol–water partition coefficient (Wildman–Crippen LogP) is 13.8. The number of aromatic hydroxyl groups is 2. The Morgan fingerprint density at radius 1 is 0.395 bits per heavy atom. The highest BCUT2D eigenvalue weighted by Gasteiger charge is 2.27. The third kappa shape index (κ3) is 17.1. The first kappa shape index (κ1) is 60.0. The van der Waals surface area contributed by atoms with Gasteiger partial charge in [-0.05, 0) is 133 Å². The number of carbonyl (C=O) groups is 6. The average Bonchev–Trinajstić information content (AvgIpc) is 3.39. The summed E-state index contributed by atoms with van der Waals surface area (Å²) >= 11 is 0. The molecule has 0 atom stereocenters. The van der Waals surface area contributed by atoms with Crippen LogP contribution in [0.15, 0.2) is 72.8 Å². The molecule has 0 heterocycles. The maximum Gasteiger partial charge on any atom is 0.333 e. The number of hydrogen-bond acceptors (Lipinski definition) is 12. The largest absolute Gasteiger partial charge is 0.507 e. The average molecular weight is 1040 g/mol. The molecule has 1 aliphatic rings. The molecule has 0 aliphatic heterocycles. The van der Waals surface area contributed by atoms with Gasteiger partial charge in [0.2, 0.25) is 0 Å². The molecule has 0 saturated carbocycles. The fraction of sp³-hybridized carbons (Fsp3) is 0.469. The Morgan fingerprint density at radius 2 is 0.632 bits per heavy atom. The smallest absolute Gasteiger partial charge is 0.333 e. The summed E-state index contributed by atoms with van der Waals surface area (Å²) in [5.74, 6) is -1.22. The number of fused-ring (bicyclic) bond motifs is 8. The van der Waals surface area contributed by atoms with E-state index in [0.717, 1.165) is 51.4 Å². The molecule has 12 heteroatoms. The molecule has 12 nitrogen and oxygen atoms in total. The van der Waals surface area contributed by atoms with Gasteiger partial charge >= 0.3 is 11.9 Å². The van der Waals surface area contributed by atoms with Crippen LogP contribution >= 0.6 is 0 Å². The molecule has 8 bridgehead atoms. The van der Waals surface area contributed by atoms with Gasteiger partial charge in [0, 0.05) is 84.8 Å². The number of phenolic OH excluding ortho intramolecular Hbond substituents is 2. The van der Waals surface area contributed by atoms with Crippen LogP contribution in [0.4, 0.5) is 0 Å². The Labute approximate surface area is 450 Å². The quantitative estimate of drug-likeness (QED) is 0.0193. The van der Waals surface area contributed by atoms with Gasteiger partial charge in [-0.15, -0.1) is 0 Å². The first-order chi connectivity index (χ1) is 36.5. The van der Waals surface area contributed by atoms with Gasteiger partial charge in [0.15, 0.2) is 23.1 Å². The van der Waals surface area contributed by atoms with Crippen molar-refractivity contribution in [2.45, 2.75) is 170 Å². The van der Waals surface area contributed by atoms with E-state index in [2.05, 4.69) is 40.9 Å². The topological polar surface area (TPSA) is 180 Å². The summed E-state index contributed by atoms with van der Waals surface area (Å²) in [5.41, 5.74) is 5.42. The summed E-state index contributed by atoms with van der Waals surface area (Å²) in [6.07, 6.45) is 10.7. The molecule has 408 valence electrons. The molecule has 0 aromatic heterocycles. The van der Waals surface area contributed by atoms with Gasteiger partial charge in [0.25, 0.3) is 0 Å². The Bertz CT molecular complexity index is 2480. The Kier molecular flexibility index (Phi) is 23.7. The molecule has 2 N–H and O–H groups in total. The second kappa shape index (κ2) is 30.1. The normalized spacial score (nSPS) is 11.9. The van der Waals surface area contributed by atoms with E-state index in [0.29, 0.717) is 104 Å². The fourth-order valence-electron chi connectivity index (χ4n) is 9.45. The highest BCUT2D eigenvalue weighted by molar-refractivity contribution is 5.99. The summed E-state index contributed by atoms with van der Waals surface area (Å²) in [7, 11) is 0. The van der Waals surface area contributed by atoms with E-state index in [9.17, 15) is 39.0 Å². The minimum absolute atomic E-state index is 0.0231. The second-order valence-corrected chi connectivity index (χ2v) is 20.3. The zero-order chi connectivity index (χ0) is 55.3. The molecule has 4 aromatic carbocycles. The third-order valence-corrected chi connectivity index (χ3v) is 13.7. The van der Waals surface area contributed by atoms with E-state index < -0.39 is 11.9 Å². The molecule has 0 spiro atoms. The number of carbonyl (C=O) groups excluding carboxylic acids is 6. The minimum Gasteiger partial charge on any atom is -0.507 e. The van der Waals surface area contributed by atoms with Crippen LogP contribution in [0, 0.1) is 0 Å².